The molecule has 3 aromatic carbocycles. The van der Waals surface area contributed by atoms with Crippen molar-refractivity contribution < 1.29 is 18.7 Å². The van der Waals surface area contributed by atoms with Gasteiger partial charge in [0.2, 0.25) is 0 Å². The zero-order valence-electron chi connectivity index (χ0n) is 23.5. The second kappa shape index (κ2) is 11.9. The van der Waals surface area contributed by atoms with Gasteiger partial charge in [0.25, 0.3) is 11.8 Å². The van der Waals surface area contributed by atoms with Crippen molar-refractivity contribution >= 4 is 39.3 Å². The van der Waals surface area contributed by atoms with Gasteiger partial charge in [-0.3, -0.25) is 18.7 Å². The van der Waals surface area contributed by atoms with Gasteiger partial charge in [-0.1, -0.05) is 17.7 Å². The molecule has 1 aliphatic carbocycles. The van der Waals surface area contributed by atoms with E-state index in [0.29, 0.717) is 32.2 Å². The monoisotopic (exact) mass is 677 g/mol. The standard InChI is InChI=1S/C32H26BrClFN5O4/c1-18(24-10-2-19(16-36)14-27(24)35)37-30(41)29-28-17-38(31(42)20-3-11-25(33)26(34)15-20)12-13-39(28)32(43)40(29)21-4-6-22(7-5-21)44-23-8-9-23/h2-7,10-11,14-15,18,23H,8-9,12-13,17H2,1H3,(H,37,41). The summed E-state index contributed by atoms with van der Waals surface area (Å²) in [5, 5.41) is 12.3. The normalized spacial score (nSPS) is 14.8. The summed E-state index contributed by atoms with van der Waals surface area (Å²) in [6.07, 6.45) is 2.19. The van der Waals surface area contributed by atoms with E-state index >= 15 is 0 Å². The second-order valence-electron chi connectivity index (χ2n) is 10.8. The van der Waals surface area contributed by atoms with E-state index in [0.717, 1.165) is 18.9 Å². The van der Waals surface area contributed by atoms with Crippen molar-refractivity contribution in [2.75, 3.05) is 6.54 Å². The number of nitrogens with zero attached hydrogens (tertiary/aromatic N) is 4. The number of nitrogens with one attached hydrogen (secondary N) is 1. The second-order valence-corrected chi connectivity index (χ2v) is 12.0. The van der Waals surface area contributed by atoms with Crippen LogP contribution in [0.5, 0.6) is 5.75 Å². The number of imidazole rings is 1. The Labute approximate surface area is 265 Å². The highest BCUT2D eigenvalue weighted by molar-refractivity contribution is 9.10. The number of amides is 2. The van der Waals surface area contributed by atoms with Crippen LogP contribution < -0.4 is 15.7 Å². The van der Waals surface area contributed by atoms with Crippen molar-refractivity contribution in [1.29, 1.82) is 5.26 Å². The molecule has 4 aromatic rings. The first-order valence-corrected chi connectivity index (χ1v) is 15.2. The smallest absolute Gasteiger partial charge is 0.333 e. The minimum Gasteiger partial charge on any atom is -0.490 e. The molecule has 0 saturated heterocycles. The Bertz CT molecular complexity index is 1890. The molecule has 12 heteroatoms. The highest BCUT2D eigenvalue weighted by Gasteiger charge is 2.33. The van der Waals surface area contributed by atoms with Gasteiger partial charge in [-0.15, -0.1) is 0 Å². The van der Waals surface area contributed by atoms with Crippen molar-refractivity contribution in [1.82, 2.24) is 19.4 Å². The Morgan fingerprint density at radius 2 is 1.86 bits per heavy atom. The third-order valence-corrected chi connectivity index (χ3v) is 8.95. The third kappa shape index (κ3) is 5.75. The van der Waals surface area contributed by atoms with Crippen LogP contribution in [0.3, 0.4) is 0 Å². The molecule has 1 aromatic heterocycles. The number of hydrogen-bond acceptors (Lipinski definition) is 5. The first-order valence-electron chi connectivity index (χ1n) is 14.0. The zero-order valence-corrected chi connectivity index (χ0v) is 25.9. The van der Waals surface area contributed by atoms with Crippen LogP contribution in [-0.4, -0.2) is 38.5 Å². The Morgan fingerprint density at radius 1 is 1.11 bits per heavy atom. The van der Waals surface area contributed by atoms with Crippen LogP contribution in [0.2, 0.25) is 5.02 Å². The maximum absolute atomic E-state index is 14.8. The third-order valence-electron chi connectivity index (χ3n) is 7.71. The summed E-state index contributed by atoms with van der Waals surface area (Å²) in [4.78, 5) is 42.8. The topological polar surface area (TPSA) is 109 Å². The van der Waals surface area contributed by atoms with E-state index in [-0.39, 0.29) is 48.5 Å². The SMILES string of the molecule is CC(NC(=O)c1c2n(c(=O)n1-c1ccc(OC3CC3)cc1)CCN(C(=O)c1ccc(Br)c(Cl)c1)C2)c1ccc(C#N)cc1F. The highest BCUT2D eigenvalue weighted by atomic mass is 79.9. The lowest BCUT2D eigenvalue weighted by Crippen LogP contribution is -2.41. The van der Waals surface area contributed by atoms with Gasteiger partial charge < -0.3 is 15.0 Å². The number of hydrogen-bond donors (Lipinski definition) is 1. The summed E-state index contributed by atoms with van der Waals surface area (Å²) in [6, 6.07) is 16.9. The molecule has 1 unspecified atom stereocenters. The number of rotatable bonds is 7. The lowest BCUT2D eigenvalue weighted by molar-refractivity contribution is 0.0706. The highest BCUT2D eigenvalue weighted by Crippen LogP contribution is 2.29. The van der Waals surface area contributed by atoms with E-state index < -0.39 is 23.5 Å². The molecule has 0 radical (unpaired) electrons. The molecule has 44 heavy (non-hydrogen) atoms. The van der Waals surface area contributed by atoms with Gasteiger partial charge in [0.05, 0.1) is 46.7 Å². The summed E-state index contributed by atoms with van der Waals surface area (Å²) < 4.78 is 24.1. The molecule has 0 bridgehead atoms. The average Bonchev–Trinajstić information content (AvgIpc) is 3.79. The van der Waals surface area contributed by atoms with Crippen molar-refractivity contribution in [3.8, 4) is 17.5 Å². The largest absolute Gasteiger partial charge is 0.490 e. The number of carbonyl (C=O) groups excluding carboxylic acids is 2. The van der Waals surface area contributed by atoms with Crippen LogP contribution in [-0.2, 0) is 13.1 Å². The molecule has 0 spiro atoms. The van der Waals surface area contributed by atoms with E-state index in [1.807, 2.05) is 6.07 Å². The number of halogens is 3. The Balaban J connectivity index is 1.38. The minimum atomic E-state index is -0.796. The molecule has 6 rings (SSSR count). The van der Waals surface area contributed by atoms with Crippen LogP contribution in [0.1, 0.15) is 63.5 Å². The average molecular weight is 679 g/mol. The van der Waals surface area contributed by atoms with Crippen molar-refractivity contribution in [3.05, 3.63) is 115 Å². The molecule has 1 saturated carbocycles. The van der Waals surface area contributed by atoms with Crippen LogP contribution in [0.4, 0.5) is 4.39 Å². The molecule has 1 fully saturated rings. The summed E-state index contributed by atoms with van der Waals surface area (Å²) >= 11 is 9.57. The van der Waals surface area contributed by atoms with E-state index in [1.165, 1.54) is 21.3 Å². The molecular formula is C32H26BrClFN5O4. The molecule has 2 amide bonds. The van der Waals surface area contributed by atoms with Gasteiger partial charge in [-0.25, -0.2) is 9.18 Å². The molecular weight excluding hydrogens is 653 g/mol. The van der Waals surface area contributed by atoms with E-state index in [4.69, 9.17) is 21.6 Å². The maximum atomic E-state index is 14.8. The number of fused-ring (bicyclic) bond motifs is 1. The maximum Gasteiger partial charge on any atom is 0.333 e. The van der Waals surface area contributed by atoms with Crippen molar-refractivity contribution in [2.24, 2.45) is 0 Å². The predicted octanol–water partition coefficient (Wildman–Crippen LogP) is 5.75. The van der Waals surface area contributed by atoms with Gasteiger partial charge in [0.15, 0.2) is 0 Å². The molecule has 1 atom stereocenters. The van der Waals surface area contributed by atoms with Gasteiger partial charge in [-0.05, 0) is 90.3 Å². The quantitative estimate of drug-likeness (QED) is 0.268. The summed E-state index contributed by atoms with van der Waals surface area (Å²) in [5.74, 6) is -0.892. The number of nitriles is 1. The number of carbonyl (C=O) groups is 2. The van der Waals surface area contributed by atoms with Crippen LogP contribution in [0, 0.1) is 17.1 Å². The molecule has 2 heterocycles. The van der Waals surface area contributed by atoms with Gasteiger partial charge in [0, 0.05) is 28.7 Å². The van der Waals surface area contributed by atoms with Crippen molar-refractivity contribution in [2.45, 2.75) is 45.0 Å². The van der Waals surface area contributed by atoms with Crippen LogP contribution in [0.15, 0.2) is 69.9 Å². The predicted molar refractivity (Wildman–Crippen MR) is 165 cm³/mol. The van der Waals surface area contributed by atoms with E-state index in [9.17, 15) is 18.8 Å². The molecule has 224 valence electrons. The fourth-order valence-corrected chi connectivity index (χ4v) is 5.69. The van der Waals surface area contributed by atoms with Gasteiger partial charge in [0.1, 0.15) is 17.3 Å². The lowest BCUT2D eigenvalue weighted by atomic mass is 10.1. The minimum absolute atomic E-state index is 0.0139. The molecule has 9 nitrogen and oxygen atoms in total. The molecule has 2 aliphatic rings. The number of aromatic nitrogens is 2. The van der Waals surface area contributed by atoms with Gasteiger partial charge >= 0.3 is 5.69 Å². The van der Waals surface area contributed by atoms with Crippen LogP contribution >= 0.6 is 27.5 Å². The fourth-order valence-electron chi connectivity index (χ4n) is 5.26. The molecule has 1 N–H and O–H groups in total. The number of ether oxygens (including phenoxy) is 1. The molecule has 1 aliphatic heterocycles. The Hall–Kier alpha value is -4.40. The van der Waals surface area contributed by atoms with Gasteiger partial charge in [-0.2, -0.15) is 5.26 Å². The summed E-state index contributed by atoms with van der Waals surface area (Å²) in [7, 11) is 0. The van der Waals surface area contributed by atoms with Crippen molar-refractivity contribution in [3.63, 3.8) is 0 Å². The Morgan fingerprint density at radius 3 is 2.52 bits per heavy atom. The first kappa shape index (κ1) is 29.7. The summed E-state index contributed by atoms with van der Waals surface area (Å²) in [5.41, 5.74) is 1.11. The van der Waals surface area contributed by atoms with Crippen LogP contribution in [0.25, 0.3) is 5.69 Å². The lowest BCUT2D eigenvalue weighted by Gasteiger charge is -2.28. The fraction of sp³-hybridized carbons (Fsp3) is 0.250. The first-order chi connectivity index (χ1) is 21.1. The van der Waals surface area contributed by atoms with E-state index in [2.05, 4.69) is 21.2 Å². The van der Waals surface area contributed by atoms with E-state index in [1.54, 1.807) is 54.3 Å². The summed E-state index contributed by atoms with van der Waals surface area (Å²) in [6.45, 7) is 2.01. The zero-order chi connectivity index (χ0) is 31.1. The number of benzene rings is 3. The Kier molecular flexibility index (Phi) is 8.05.